The van der Waals surface area contributed by atoms with Gasteiger partial charge in [0.15, 0.2) is 5.78 Å². The van der Waals surface area contributed by atoms with Crippen molar-refractivity contribution >= 4 is 11.8 Å². The lowest BCUT2D eigenvalue weighted by Crippen LogP contribution is -2.38. The molecule has 0 atom stereocenters. The highest BCUT2D eigenvalue weighted by molar-refractivity contribution is 5.96. The molecule has 36 heavy (non-hydrogen) atoms. The number of aliphatic carboxylic acids is 1. The molecule has 1 aliphatic rings. The van der Waals surface area contributed by atoms with E-state index in [1.165, 1.54) is 0 Å². The van der Waals surface area contributed by atoms with E-state index in [0.717, 1.165) is 37.1 Å². The van der Waals surface area contributed by atoms with Gasteiger partial charge in [0.05, 0.1) is 11.5 Å². The molecule has 0 saturated carbocycles. The summed E-state index contributed by atoms with van der Waals surface area (Å²) in [6.45, 7) is 5.86. The summed E-state index contributed by atoms with van der Waals surface area (Å²) in [5, 5.41) is 9.40. The van der Waals surface area contributed by atoms with E-state index in [4.69, 9.17) is 4.74 Å². The fourth-order valence-electron chi connectivity index (χ4n) is 4.67. The van der Waals surface area contributed by atoms with Gasteiger partial charge in [0, 0.05) is 31.6 Å². The molecular weight excluding hydrogens is 450 g/mol. The molecule has 1 heterocycles. The summed E-state index contributed by atoms with van der Waals surface area (Å²) in [6, 6.07) is 27.7. The van der Waals surface area contributed by atoms with Gasteiger partial charge in [-0.2, -0.15) is 0 Å². The third kappa shape index (κ3) is 6.28. The second-order valence-electron chi connectivity index (χ2n) is 10.1. The number of carbonyl (C=O) groups excluding carboxylic acids is 1. The van der Waals surface area contributed by atoms with E-state index in [1.807, 2.05) is 12.1 Å². The number of carboxylic acids is 1. The lowest BCUT2D eigenvalue weighted by atomic mass is 9.84. The largest absolute Gasteiger partial charge is 0.481 e. The van der Waals surface area contributed by atoms with Crippen LogP contribution in [-0.2, 0) is 14.9 Å². The predicted molar refractivity (Wildman–Crippen MR) is 141 cm³/mol. The smallest absolute Gasteiger partial charge is 0.313 e. The van der Waals surface area contributed by atoms with Crippen molar-refractivity contribution in [1.82, 2.24) is 4.90 Å². The number of Topliss-reactive ketones (excluding diaryl/α,β-unsaturated/α-hetero) is 1. The minimum absolute atomic E-state index is 0.0837. The summed E-state index contributed by atoms with van der Waals surface area (Å²) in [5.41, 5.74) is 2.67. The van der Waals surface area contributed by atoms with Crippen molar-refractivity contribution in [3.63, 3.8) is 0 Å². The van der Waals surface area contributed by atoms with E-state index >= 15 is 0 Å². The Bertz CT molecular complexity index is 1090. The molecule has 1 fully saturated rings. The first-order valence-electron chi connectivity index (χ1n) is 12.7. The summed E-state index contributed by atoms with van der Waals surface area (Å²) in [6.07, 6.45) is 2.41. The number of likely N-dealkylation sites (tertiary alicyclic amines) is 1. The molecule has 188 valence electrons. The molecule has 0 spiro atoms. The van der Waals surface area contributed by atoms with Crippen LogP contribution in [0.5, 0.6) is 0 Å². The molecule has 0 aliphatic carbocycles. The molecule has 3 aromatic rings. The SMILES string of the molecule is CC(C)(C(=O)O)c1ccc(C(=O)CCN2CCC(OC(c3ccccc3)c3ccccc3)CC2)cc1. The maximum atomic E-state index is 12.7. The van der Waals surface area contributed by atoms with Crippen molar-refractivity contribution in [2.45, 2.75) is 50.7 Å². The van der Waals surface area contributed by atoms with E-state index < -0.39 is 11.4 Å². The van der Waals surface area contributed by atoms with Crippen molar-refractivity contribution in [2.24, 2.45) is 0 Å². The normalized spacial score (nSPS) is 15.2. The monoisotopic (exact) mass is 485 g/mol. The topological polar surface area (TPSA) is 66.8 Å². The second-order valence-corrected chi connectivity index (χ2v) is 10.1. The summed E-state index contributed by atoms with van der Waals surface area (Å²) >= 11 is 0. The van der Waals surface area contributed by atoms with Gasteiger partial charge in [0.25, 0.3) is 0 Å². The van der Waals surface area contributed by atoms with E-state index in [9.17, 15) is 14.7 Å². The molecule has 3 aromatic carbocycles. The molecule has 1 aliphatic heterocycles. The molecule has 5 heteroatoms. The molecule has 5 nitrogen and oxygen atoms in total. The van der Waals surface area contributed by atoms with Gasteiger partial charge in [-0.05, 0) is 43.4 Å². The number of benzene rings is 3. The van der Waals surface area contributed by atoms with Crippen LogP contribution in [0.3, 0.4) is 0 Å². The number of ketones is 1. The van der Waals surface area contributed by atoms with Crippen LogP contribution in [-0.4, -0.2) is 47.5 Å². The van der Waals surface area contributed by atoms with Crippen LogP contribution in [0.2, 0.25) is 0 Å². The quantitative estimate of drug-likeness (QED) is 0.363. The number of hydrogen-bond acceptors (Lipinski definition) is 4. The Hall–Kier alpha value is -3.28. The number of hydrogen-bond donors (Lipinski definition) is 1. The minimum Gasteiger partial charge on any atom is -0.481 e. The Morgan fingerprint density at radius 3 is 1.92 bits per heavy atom. The molecule has 0 amide bonds. The van der Waals surface area contributed by atoms with Crippen LogP contribution in [0.4, 0.5) is 0 Å². The fraction of sp³-hybridized carbons (Fsp3) is 0.355. The number of rotatable bonds is 10. The first-order chi connectivity index (χ1) is 17.3. The highest BCUT2D eigenvalue weighted by Crippen LogP contribution is 2.30. The lowest BCUT2D eigenvalue weighted by molar-refractivity contribution is -0.142. The van der Waals surface area contributed by atoms with Crippen LogP contribution in [0.15, 0.2) is 84.9 Å². The summed E-state index contributed by atoms with van der Waals surface area (Å²) in [7, 11) is 0. The van der Waals surface area contributed by atoms with Gasteiger partial charge in [-0.25, -0.2) is 0 Å². The molecule has 0 bridgehead atoms. The van der Waals surface area contributed by atoms with Gasteiger partial charge in [0.1, 0.15) is 6.10 Å². The van der Waals surface area contributed by atoms with E-state index in [1.54, 1.807) is 38.1 Å². The van der Waals surface area contributed by atoms with Gasteiger partial charge < -0.3 is 14.7 Å². The first kappa shape index (κ1) is 25.8. The highest BCUT2D eigenvalue weighted by atomic mass is 16.5. The van der Waals surface area contributed by atoms with Crippen LogP contribution < -0.4 is 0 Å². The van der Waals surface area contributed by atoms with Gasteiger partial charge in [0.2, 0.25) is 0 Å². The van der Waals surface area contributed by atoms with Crippen LogP contribution in [0.1, 0.15) is 66.3 Å². The molecule has 1 N–H and O–H groups in total. The maximum absolute atomic E-state index is 12.7. The third-order valence-corrected chi connectivity index (χ3v) is 7.19. The van der Waals surface area contributed by atoms with Gasteiger partial charge in [-0.15, -0.1) is 0 Å². The summed E-state index contributed by atoms with van der Waals surface area (Å²) in [5.74, 6) is -0.797. The van der Waals surface area contributed by atoms with Gasteiger partial charge >= 0.3 is 5.97 Å². The number of nitrogens with zero attached hydrogens (tertiary/aromatic N) is 1. The van der Waals surface area contributed by atoms with Crippen molar-refractivity contribution in [1.29, 1.82) is 0 Å². The van der Waals surface area contributed by atoms with Crippen LogP contribution in [0.25, 0.3) is 0 Å². The standard InChI is InChI=1S/C31H35NO4/c1-31(2,30(34)35)26-15-13-23(14-16-26)28(33)19-22-32-20-17-27(18-21-32)36-29(24-9-5-3-6-10-24)25-11-7-4-8-12-25/h3-16,27,29H,17-22H2,1-2H3,(H,34,35). The van der Waals surface area contributed by atoms with Crippen molar-refractivity contribution in [2.75, 3.05) is 19.6 Å². The molecule has 4 rings (SSSR count). The Labute approximate surface area is 213 Å². The molecule has 0 radical (unpaired) electrons. The Morgan fingerprint density at radius 2 is 1.42 bits per heavy atom. The molecule has 1 saturated heterocycles. The molecular formula is C31H35NO4. The van der Waals surface area contributed by atoms with Crippen LogP contribution in [0, 0.1) is 0 Å². The summed E-state index contributed by atoms with van der Waals surface area (Å²) in [4.78, 5) is 26.5. The van der Waals surface area contributed by atoms with Crippen molar-refractivity contribution in [3.05, 3.63) is 107 Å². The second kappa shape index (κ2) is 11.6. The predicted octanol–water partition coefficient (Wildman–Crippen LogP) is 5.89. The number of carbonyl (C=O) groups is 2. The molecule has 0 unspecified atom stereocenters. The molecule has 0 aromatic heterocycles. The van der Waals surface area contributed by atoms with E-state index in [2.05, 4.69) is 53.4 Å². The number of piperidine rings is 1. The zero-order valence-corrected chi connectivity index (χ0v) is 21.1. The van der Waals surface area contributed by atoms with Gasteiger partial charge in [-0.3, -0.25) is 9.59 Å². The zero-order chi connectivity index (χ0) is 25.5. The zero-order valence-electron chi connectivity index (χ0n) is 21.1. The first-order valence-corrected chi connectivity index (χ1v) is 12.7. The Morgan fingerprint density at radius 1 is 0.889 bits per heavy atom. The van der Waals surface area contributed by atoms with Crippen molar-refractivity contribution < 1.29 is 19.4 Å². The van der Waals surface area contributed by atoms with E-state index in [0.29, 0.717) is 24.1 Å². The van der Waals surface area contributed by atoms with Gasteiger partial charge in [-0.1, -0.05) is 84.9 Å². The number of ether oxygens (including phenoxy) is 1. The summed E-state index contributed by atoms with van der Waals surface area (Å²) < 4.78 is 6.63. The Balaban J connectivity index is 1.28. The minimum atomic E-state index is -0.978. The lowest BCUT2D eigenvalue weighted by Gasteiger charge is -2.34. The average molecular weight is 486 g/mol. The van der Waals surface area contributed by atoms with E-state index in [-0.39, 0.29) is 18.0 Å². The average Bonchev–Trinajstić information content (AvgIpc) is 2.92. The maximum Gasteiger partial charge on any atom is 0.313 e. The highest BCUT2D eigenvalue weighted by Gasteiger charge is 2.29. The Kier molecular flexibility index (Phi) is 8.34. The number of carboxylic acid groups (broad SMARTS) is 1. The van der Waals surface area contributed by atoms with Crippen LogP contribution >= 0.6 is 0 Å². The fourth-order valence-corrected chi connectivity index (χ4v) is 4.67. The van der Waals surface area contributed by atoms with Crippen molar-refractivity contribution in [3.8, 4) is 0 Å². The third-order valence-electron chi connectivity index (χ3n) is 7.19.